The number of benzene rings is 2. The maximum absolute atomic E-state index is 4.48. The molecule has 0 saturated carbocycles. The van der Waals surface area contributed by atoms with Crippen LogP contribution in [0.2, 0.25) is 0 Å². The third-order valence-electron chi connectivity index (χ3n) is 3.47. The predicted octanol–water partition coefficient (Wildman–Crippen LogP) is 3.80. The van der Waals surface area contributed by atoms with Gasteiger partial charge in [-0.1, -0.05) is 43.3 Å². The second kappa shape index (κ2) is 6.46. The maximum atomic E-state index is 4.48. The van der Waals surface area contributed by atoms with Crippen molar-refractivity contribution in [2.75, 3.05) is 6.54 Å². The van der Waals surface area contributed by atoms with E-state index in [-0.39, 0.29) is 0 Å². The van der Waals surface area contributed by atoms with Crippen molar-refractivity contribution in [2.24, 2.45) is 0 Å². The zero-order chi connectivity index (χ0) is 14.5. The molecule has 3 nitrogen and oxygen atoms in total. The minimum absolute atomic E-state index is 0.778. The number of nitrogens with one attached hydrogen (secondary N) is 1. The van der Waals surface area contributed by atoms with Crippen LogP contribution < -0.4 is 5.32 Å². The molecule has 1 heterocycles. The van der Waals surface area contributed by atoms with E-state index >= 15 is 0 Å². The van der Waals surface area contributed by atoms with Gasteiger partial charge in [-0.3, -0.25) is 0 Å². The number of fused-ring (bicyclic) bond motifs is 1. The molecule has 0 saturated heterocycles. The van der Waals surface area contributed by atoms with Gasteiger partial charge in [-0.2, -0.15) is 0 Å². The van der Waals surface area contributed by atoms with Gasteiger partial charge in [-0.15, -0.1) is 0 Å². The summed E-state index contributed by atoms with van der Waals surface area (Å²) in [5, 5.41) is 5.81. The molecule has 0 aliphatic heterocycles. The summed E-state index contributed by atoms with van der Waals surface area (Å²) >= 11 is 0. The third kappa shape index (κ3) is 3.26. The summed E-state index contributed by atoms with van der Waals surface area (Å²) < 4.78 is 0. The molecule has 0 fully saturated rings. The normalized spacial score (nSPS) is 10.9. The summed E-state index contributed by atoms with van der Waals surface area (Å²) in [6.07, 6.45) is 4.94. The summed E-state index contributed by atoms with van der Waals surface area (Å²) in [4.78, 5) is 8.97. The van der Waals surface area contributed by atoms with E-state index in [0.717, 1.165) is 36.5 Å². The van der Waals surface area contributed by atoms with E-state index in [1.165, 1.54) is 10.8 Å². The van der Waals surface area contributed by atoms with Crippen LogP contribution in [0.3, 0.4) is 0 Å². The van der Waals surface area contributed by atoms with Gasteiger partial charge in [0.25, 0.3) is 0 Å². The Bertz CT molecular complexity index is 720. The van der Waals surface area contributed by atoms with Crippen LogP contribution in [0, 0.1) is 0 Å². The molecular formula is C18H19N3. The predicted molar refractivity (Wildman–Crippen MR) is 87.0 cm³/mol. The number of rotatable bonds is 5. The molecule has 0 atom stereocenters. The maximum Gasteiger partial charge on any atom is 0.159 e. The van der Waals surface area contributed by atoms with Crippen molar-refractivity contribution >= 4 is 10.8 Å². The van der Waals surface area contributed by atoms with E-state index in [1.807, 2.05) is 12.4 Å². The smallest absolute Gasteiger partial charge is 0.159 e. The molecule has 0 spiro atoms. The van der Waals surface area contributed by atoms with Crippen molar-refractivity contribution in [3.05, 3.63) is 60.4 Å². The van der Waals surface area contributed by atoms with Crippen LogP contribution in [0.1, 0.15) is 18.9 Å². The minimum Gasteiger partial charge on any atom is -0.313 e. The summed E-state index contributed by atoms with van der Waals surface area (Å²) in [5.74, 6) is 0.778. The Morgan fingerprint density at radius 2 is 1.71 bits per heavy atom. The SMILES string of the molecule is CCCNCc1cnc(-c2ccc3ccccc3c2)nc1. The van der Waals surface area contributed by atoms with E-state index < -0.39 is 0 Å². The Morgan fingerprint density at radius 3 is 2.48 bits per heavy atom. The van der Waals surface area contributed by atoms with Crippen LogP contribution in [0.5, 0.6) is 0 Å². The quantitative estimate of drug-likeness (QED) is 0.721. The highest BCUT2D eigenvalue weighted by molar-refractivity contribution is 5.86. The highest BCUT2D eigenvalue weighted by Crippen LogP contribution is 2.21. The van der Waals surface area contributed by atoms with Crippen molar-refractivity contribution in [3.8, 4) is 11.4 Å². The molecule has 0 radical (unpaired) electrons. The topological polar surface area (TPSA) is 37.8 Å². The summed E-state index contributed by atoms with van der Waals surface area (Å²) in [7, 11) is 0. The average molecular weight is 277 g/mol. The van der Waals surface area contributed by atoms with Gasteiger partial charge < -0.3 is 5.32 Å². The fraction of sp³-hybridized carbons (Fsp3) is 0.222. The van der Waals surface area contributed by atoms with Crippen molar-refractivity contribution in [2.45, 2.75) is 19.9 Å². The molecule has 0 bridgehead atoms. The molecule has 106 valence electrons. The molecule has 1 N–H and O–H groups in total. The summed E-state index contributed by atoms with van der Waals surface area (Å²) in [6.45, 7) is 4.00. The summed E-state index contributed by atoms with van der Waals surface area (Å²) in [6, 6.07) is 14.7. The van der Waals surface area contributed by atoms with E-state index in [9.17, 15) is 0 Å². The first-order valence-corrected chi connectivity index (χ1v) is 7.37. The van der Waals surface area contributed by atoms with Crippen LogP contribution in [0.25, 0.3) is 22.2 Å². The molecule has 3 rings (SSSR count). The third-order valence-corrected chi connectivity index (χ3v) is 3.47. The summed E-state index contributed by atoms with van der Waals surface area (Å²) in [5.41, 5.74) is 2.18. The molecule has 3 aromatic rings. The molecule has 1 aromatic heterocycles. The average Bonchev–Trinajstić information content (AvgIpc) is 2.55. The zero-order valence-corrected chi connectivity index (χ0v) is 12.2. The van der Waals surface area contributed by atoms with Crippen LogP contribution in [-0.4, -0.2) is 16.5 Å². The van der Waals surface area contributed by atoms with Gasteiger partial charge in [0, 0.05) is 30.1 Å². The molecule has 0 aliphatic rings. The van der Waals surface area contributed by atoms with Crippen molar-refractivity contribution < 1.29 is 0 Å². The molecule has 21 heavy (non-hydrogen) atoms. The first-order valence-electron chi connectivity index (χ1n) is 7.37. The Labute approximate surface area is 125 Å². The number of hydrogen-bond donors (Lipinski definition) is 1. The van der Waals surface area contributed by atoms with Gasteiger partial charge >= 0.3 is 0 Å². The highest BCUT2D eigenvalue weighted by Gasteiger charge is 2.03. The largest absolute Gasteiger partial charge is 0.313 e. The van der Waals surface area contributed by atoms with E-state index in [1.54, 1.807) is 0 Å². The lowest BCUT2D eigenvalue weighted by atomic mass is 10.1. The van der Waals surface area contributed by atoms with E-state index in [4.69, 9.17) is 0 Å². The van der Waals surface area contributed by atoms with Crippen LogP contribution >= 0.6 is 0 Å². The van der Waals surface area contributed by atoms with Gasteiger partial charge in [-0.25, -0.2) is 9.97 Å². The second-order valence-electron chi connectivity index (χ2n) is 5.15. The first kappa shape index (κ1) is 13.7. The van der Waals surface area contributed by atoms with Crippen LogP contribution in [0.4, 0.5) is 0 Å². The van der Waals surface area contributed by atoms with E-state index in [0.29, 0.717) is 0 Å². The van der Waals surface area contributed by atoms with Gasteiger partial charge in [0.1, 0.15) is 0 Å². The Morgan fingerprint density at radius 1 is 0.952 bits per heavy atom. The minimum atomic E-state index is 0.778. The van der Waals surface area contributed by atoms with Crippen molar-refractivity contribution in [3.63, 3.8) is 0 Å². The van der Waals surface area contributed by atoms with Crippen LogP contribution in [0.15, 0.2) is 54.9 Å². The molecular weight excluding hydrogens is 258 g/mol. The Kier molecular flexibility index (Phi) is 4.22. The number of aromatic nitrogens is 2. The van der Waals surface area contributed by atoms with Crippen LogP contribution in [-0.2, 0) is 6.54 Å². The second-order valence-corrected chi connectivity index (χ2v) is 5.15. The van der Waals surface area contributed by atoms with Crippen molar-refractivity contribution in [1.82, 2.24) is 15.3 Å². The Balaban J connectivity index is 1.81. The molecule has 0 amide bonds. The lowest BCUT2D eigenvalue weighted by molar-refractivity contribution is 0.672. The fourth-order valence-electron chi connectivity index (χ4n) is 2.33. The standard InChI is InChI=1S/C18H19N3/c1-2-9-19-11-14-12-20-18(21-13-14)17-8-7-15-5-3-4-6-16(15)10-17/h3-8,10,12-13,19H,2,9,11H2,1H3. The molecule has 2 aromatic carbocycles. The fourth-order valence-corrected chi connectivity index (χ4v) is 2.33. The van der Waals surface area contributed by atoms with Crippen molar-refractivity contribution in [1.29, 1.82) is 0 Å². The lowest BCUT2D eigenvalue weighted by Crippen LogP contribution is -2.14. The monoisotopic (exact) mass is 277 g/mol. The Hall–Kier alpha value is -2.26. The molecule has 0 unspecified atom stereocenters. The van der Waals surface area contributed by atoms with E-state index in [2.05, 4.69) is 64.7 Å². The highest BCUT2D eigenvalue weighted by atomic mass is 14.9. The van der Waals surface area contributed by atoms with Gasteiger partial charge in [0.15, 0.2) is 5.82 Å². The number of nitrogens with zero attached hydrogens (tertiary/aromatic N) is 2. The van der Waals surface area contributed by atoms with Gasteiger partial charge in [0.05, 0.1) is 0 Å². The molecule has 3 heteroatoms. The lowest BCUT2D eigenvalue weighted by Gasteiger charge is -2.05. The zero-order valence-electron chi connectivity index (χ0n) is 12.2. The first-order chi connectivity index (χ1) is 10.4. The van der Waals surface area contributed by atoms with Gasteiger partial charge in [-0.05, 0) is 29.8 Å². The van der Waals surface area contributed by atoms with Gasteiger partial charge in [0.2, 0.25) is 0 Å². The number of hydrogen-bond acceptors (Lipinski definition) is 3. The molecule has 0 aliphatic carbocycles.